The first-order valence-corrected chi connectivity index (χ1v) is 6.12. The minimum atomic E-state index is -0.492. The number of para-hydroxylation sites is 1. The van der Waals surface area contributed by atoms with Crippen molar-refractivity contribution >= 4 is 23.0 Å². The number of benzene rings is 1. The molecule has 0 amide bonds. The van der Waals surface area contributed by atoms with E-state index in [2.05, 4.69) is 0 Å². The summed E-state index contributed by atoms with van der Waals surface area (Å²) in [6.07, 6.45) is 0.655. The minimum absolute atomic E-state index is 0.110. The van der Waals surface area contributed by atoms with Crippen LogP contribution in [0.4, 0.5) is 11.4 Å². The summed E-state index contributed by atoms with van der Waals surface area (Å²) < 4.78 is 5.07. The quantitative estimate of drug-likeness (QED) is 0.848. The lowest BCUT2D eigenvalue weighted by molar-refractivity contribution is 0.465. The molecule has 0 bridgehead atoms. The Morgan fingerprint density at radius 2 is 1.94 bits per heavy atom. The minimum Gasteiger partial charge on any atom is -0.427 e. The van der Waals surface area contributed by atoms with Gasteiger partial charge in [0, 0.05) is 25.2 Å². The van der Waals surface area contributed by atoms with Crippen molar-refractivity contribution in [3.8, 4) is 0 Å². The van der Waals surface area contributed by atoms with Crippen LogP contribution in [0.25, 0.3) is 0 Å². The molecule has 0 aliphatic heterocycles. The van der Waals surface area contributed by atoms with Gasteiger partial charge < -0.3 is 9.32 Å². The van der Waals surface area contributed by atoms with E-state index in [0.717, 1.165) is 5.69 Å². The van der Waals surface area contributed by atoms with Gasteiger partial charge in [0.05, 0.1) is 5.69 Å². The topological polar surface area (TPSA) is 33.5 Å². The maximum atomic E-state index is 11.6. The lowest BCUT2D eigenvalue weighted by atomic mass is 10.2. The van der Waals surface area contributed by atoms with Gasteiger partial charge in [-0.25, -0.2) is 4.79 Å². The molecule has 0 saturated heterocycles. The van der Waals surface area contributed by atoms with Crippen molar-refractivity contribution in [2.75, 3.05) is 11.9 Å². The monoisotopic (exact) mass is 263 g/mol. The summed E-state index contributed by atoms with van der Waals surface area (Å²) in [4.78, 5) is 13.5. The SMILES string of the molecule is CCc1cc(N(C)c2ccccc2)c(Cl)c(=O)o1. The van der Waals surface area contributed by atoms with Gasteiger partial charge >= 0.3 is 5.63 Å². The van der Waals surface area contributed by atoms with E-state index in [-0.39, 0.29) is 5.02 Å². The number of rotatable bonds is 3. The van der Waals surface area contributed by atoms with Crippen LogP contribution in [0.15, 0.2) is 45.6 Å². The fraction of sp³-hybridized carbons (Fsp3) is 0.214. The van der Waals surface area contributed by atoms with Gasteiger partial charge in [0.15, 0.2) is 0 Å². The Labute approximate surface area is 111 Å². The van der Waals surface area contributed by atoms with Crippen molar-refractivity contribution in [3.05, 3.63) is 57.6 Å². The van der Waals surface area contributed by atoms with Crippen LogP contribution in [0.1, 0.15) is 12.7 Å². The molecule has 18 heavy (non-hydrogen) atoms. The third-order valence-electron chi connectivity index (χ3n) is 2.78. The Hall–Kier alpha value is -1.74. The summed E-state index contributed by atoms with van der Waals surface area (Å²) in [6, 6.07) is 11.5. The predicted octanol–water partition coefficient (Wildman–Crippen LogP) is 3.62. The van der Waals surface area contributed by atoms with E-state index < -0.39 is 5.63 Å². The van der Waals surface area contributed by atoms with Crippen molar-refractivity contribution in [2.24, 2.45) is 0 Å². The van der Waals surface area contributed by atoms with Gasteiger partial charge in [-0.3, -0.25) is 0 Å². The Morgan fingerprint density at radius 3 is 2.56 bits per heavy atom. The molecule has 0 fully saturated rings. The fourth-order valence-corrected chi connectivity index (χ4v) is 1.94. The maximum Gasteiger partial charge on any atom is 0.356 e. The van der Waals surface area contributed by atoms with Crippen LogP contribution in [0, 0.1) is 0 Å². The molecule has 3 nitrogen and oxygen atoms in total. The van der Waals surface area contributed by atoms with E-state index in [0.29, 0.717) is 17.9 Å². The van der Waals surface area contributed by atoms with E-state index in [1.165, 1.54) is 0 Å². The molecule has 0 N–H and O–H groups in total. The molecule has 4 heteroatoms. The normalized spacial score (nSPS) is 10.4. The number of nitrogens with zero attached hydrogens (tertiary/aromatic N) is 1. The third-order valence-corrected chi connectivity index (χ3v) is 3.13. The zero-order valence-electron chi connectivity index (χ0n) is 10.3. The van der Waals surface area contributed by atoms with Gasteiger partial charge in [-0.1, -0.05) is 36.7 Å². The van der Waals surface area contributed by atoms with E-state index in [4.69, 9.17) is 16.0 Å². The summed E-state index contributed by atoms with van der Waals surface area (Å²) in [5.74, 6) is 0.627. The Balaban J connectivity index is 2.51. The number of hydrogen-bond donors (Lipinski definition) is 0. The zero-order chi connectivity index (χ0) is 13.1. The van der Waals surface area contributed by atoms with Crippen LogP contribution in [0.5, 0.6) is 0 Å². The molecule has 1 aromatic carbocycles. The lowest BCUT2D eigenvalue weighted by Gasteiger charge is -2.20. The second-order valence-corrected chi connectivity index (χ2v) is 4.33. The van der Waals surface area contributed by atoms with Gasteiger partial charge in [0.1, 0.15) is 10.8 Å². The molecule has 2 rings (SSSR count). The smallest absolute Gasteiger partial charge is 0.356 e. The van der Waals surface area contributed by atoms with Crippen LogP contribution in [-0.4, -0.2) is 7.05 Å². The van der Waals surface area contributed by atoms with E-state index in [1.54, 1.807) is 6.07 Å². The molecule has 0 aliphatic rings. The summed E-state index contributed by atoms with van der Waals surface area (Å²) in [7, 11) is 1.87. The van der Waals surface area contributed by atoms with E-state index in [9.17, 15) is 4.79 Å². The van der Waals surface area contributed by atoms with Crippen molar-refractivity contribution < 1.29 is 4.42 Å². The molecule has 1 heterocycles. The molecule has 0 radical (unpaired) electrons. The lowest BCUT2D eigenvalue weighted by Crippen LogP contribution is -2.14. The summed E-state index contributed by atoms with van der Waals surface area (Å²) in [5.41, 5.74) is 1.14. The van der Waals surface area contributed by atoms with Crippen molar-refractivity contribution in [3.63, 3.8) is 0 Å². The van der Waals surface area contributed by atoms with Crippen molar-refractivity contribution in [1.29, 1.82) is 0 Å². The number of hydrogen-bond acceptors (Lipinski definition) is 3. The largest absolute Gasteiger partial charge is 0.427 e. The highest BCUT2D eigenvalue weighted by Crippen LogP contribution is 2.29. The number of anilines is 2. The average molecular weight is 264 g/mol. The second-order valence-electron chi connectivity index (χ2n) is 3.95. The molecular weight excluding hydrogens is 250 g/mol. The molecule has 1 aromatic heterocycles. The van der Waals surface area contributed by atoms with Gasteiger partial charge in [0.25, 0.3) is 0 Å². The molecule has 2 aromatic rings. The van der Waals surface area contributed by atoms with Crippen LogP contribution >= 0.6 is 11.6 Å². The van der Waals surface area contributed by atoms with Gasteiger partial charge in [-0.2, -0.15) is 0 Å². The second kappa shape index (κ2) is 5.27. The summed E-state index contributed by atoms with van der Waals surface area (Å²) in [6.45, 7) is 1.93. The maximum absolute atomic E-state index is 11.6. The molecule has 0 spiro atoms. The number of aryl methyl sites for hydroxylation is 1. The molecule has 0 aliphatic carbocycles. The zero-order valence-corrected chi connectivity index (χ0v) is 11.1. The molecule has 0 atom stereocenters. The van der Waals surface area contributed by atoms with Crippen LogP contribution in [-0.2, 0) is 6.42 Å². The van der Waals surface area contributed by atoms with Crippen molar-refractivity contribution in [2.45, 2.75) is 13.3 Å². The van der Waals surface area contributed by atoms with E-state index >= 15 is 0 Å². The first-order valence-electron chi connectivity index (χ1n) is 5.74. The third kappa shape index (κ3) is 2.41. The Morgan fingerprint density at radius 1 is 1.28 bits per heavy atom. The molecule has 0 unspecified atom stereocenters. The highest BCUT2D eigenvalue weighted by molar-refractivity contribution is 6.33. The molecule has 0 saturated carbocycles. The van der Waals surface area contributed by atoms with Crippen LogP contribution in [0.2, 0.25) is 5.02 Å². The fourth-order valence-electron chi connectivity index (χ4n) is 1.72. The Kier molecular flexibility index (Phi) is 3.72. The van der Waals surface area contributed by atoms with Gasteiger partial charge in [-0.05, 0) is 12.1 Å². The first kappa shape index (κ1) is 12.7. The Bertz CT molecular complexity index is 592. The van der Waals surface area contributed by atoms with Crippen LogP contribution in [0.3, 0.4) is 0 Å². The highest BCUT2D eigenvalue weighted by atomic mass is 35.5. The van der Waals surface area contributed by atoms with Gasteiger partial charge in [-0.15, -0.1) is 0 Å². The highest BCUT2D eigenvalue weighted by Gasteiger charge is 2.13. The summed E-state index contributed by atoms with van der Waals surface area (Å²) >= 11 is 6.02. The van der Waals surface area contributed by atoms with Crippen molar-refractivity contribution in [1.82, 2.24) is 0 Å². The standard InChI is InChI=1S/C14H14ClNO2/c1-3-11-9-12(13(15)14(17)18-11)16(2)10-7-5-4-6-8-10/h4-9H,3H2,1-2H3. The molecular formula is C14H14ClNO2. The van der Waals surface area contributed by atoms with Gasteiger partial charge in [0.2, 0.25) is 0 Å². The van der Waals surface area contributed by atoms with E-state index in [1.807, 2.05) is 49.2 Å². The first-order chi connectivity index (χ1) is 8.63. The molecule has 94 valence electrons. The van der Waals surface area contributed by atoms with Crippen LogP contribution < -0.4 is 10.5 Å². The average Bonchev–Trinajstić information content (AvgIpc) is 2.42. The summed E-state index contributed by atoms with van der Waals surface area (Å²) in [5, 5.41) is 0.110. The predicted molar refractivity (Wildman–Crippen MR) is 73.9 cm³/mol. The number of halogens is 1.